The second-order valence-corrected chi connectivity index (χ2v) is 8.60. The molecule has 134 valence electrons. The van der Waals surface area contributed by atoms with E-state index in [2.05, 4.69) is 5.32 Å². The van der Waals surface area contributed by atoms with Gasteiger partial charge in [0.05, 0.1) is 11.9 Å². The Morgan fingerprint density at radius 1 is 1.33 bits per heavy atom. The van der Waals surface area contributed by atoms with E-state index in [9.17, 15) is 13.2 Å². The van der Waals surface area contributed by atoms with Crippen LogP contribution in [-0.2, 0) is 14.8 Å². The highest BCUT2D eigenvalue weighted by molar-refractivity contribution is 7.92. The molecule has 7 heteroatoms. The Kier molecular flexibility index (Phi) is 6.52. The Morgan fingerprint density at radius 2 is 2.00 bits per heavy atom. The molecule has 0 aromatic heterocycles. The van der Waals surface area contributed by atoms with Gasteiger partial charge >= 0.3 is 0 Å². The summed E-state index contributed by atoms with van der Waals surface area (Å²) in [5.41, 5.74) is 0.413. The minimum absolute atomic E-state index is 0.140. The molecule has 0 heterocycles. The number of nitrogens with zero attached hydrogens (tertiary/aromatic N) is 1. The number of nitrogens with one attached hydrogen (secondary N) is 1. The average molecular weight is 373 g/mol. The standard InChI is InChI=1S/C17H25ClN2O3S/c1-3-16(17(21)19-14-9-5-4-6-10-14)20(24(2,22)23)15-11-7-8-13(18)12-15/h7-8,11-12,14,16H,3-6,9-10H2,1-2H3,(H,19,21)/t16-/m0/s1. The van der Waals surface area contributed by atoms with Crippen molar-refractivity contribution >= 4 is 33.2 Å². The third kappa shape index (κ3) is 4.86. The number of anilines is 1. The number of carbonyl (C=O) groups is 1. The molecule has 0 aliphatic heterocycles. The quantitative estimate of drug-likeness (QED) is 0.832. The fraction of sp³-hybridized carbons (Fsp3) is 0.588. The van der Waals surface area contributed by atoms with E-state index in [1.165, 1.54) is 10.7 Å². The largest absolute Gasteiger partial charge is 0.352 e. The third-order valence-corrected chi connectivity index (χ3v) is 5.76. The van der Waals surface area contributed by atoms with Crippen LogP contribution in [0.1, 0.15) is 45.4 Å². The Labute approximate surface area is 149 Å². The van der Waals surface area contributed by atoms with Gasteiger partial charge in [0.25, 0.3) is 0 Å². The van der Waals surface area contributed by atoms with E-state index in [0.717, 1.165) is 31.9 Å². The number of hydrogen-bond acceptors (Lipinski definition) is 3. The highest BCUT2D eigenvalue weighted by Crippen LogP contribution is 2.26. The van der Waals surface area contributed by atoms with Crippen LogP contribution in [0.2, 0.25) is 5.02 Å². The second kappa shape index (κ2) is 8.21. The maximum atomic E-state index is 12.7. The summed E-state index contributed by atoms with van der Waals surface area (Å²) in [6, 6.07) is 5.94. The van der Waals surface area contributed by atoms with Crippen molar-refractivity contribution in [2.45, 2.75) is 57.5 Å². The fourth-order valence-electron chi connectivity index (χ4n) is 3.22. The molecule has 1 amide bonds. The minimum Gasteiger partial charge on any atom is -0.352 e. The molecule has 24 heavy (non-hydrogen) atoms. The molecular formula is C17H25ClN2O3S. The third-order valence-electron chi connectivity index (χ3n) is 4.34. The van der Waals surface area contributed by atoms with E-state index in [1.54, 1.807) is 24.3 Å². The number of hydrogen-bond donors (Lipinski definition) is 1. The Balaban J connectivity index is 2.26. The number of sulfonamides is 1. The molecule has 1 fully saturated rings. The SMILES string of the molecule is CC[C@@H](C(=O)NC1CCCCC1)N(c1cccc(Cl)c1)S(C)(=O)=O. The summed E-state index contributed by atoms with van der Waals surface area (Å²) in [5.74, 6) is -0.241. The van der Waals surface area contributed by atoms with Crippen molar-refractivity contribution in [3.8, 4) is 0 Å². The minimum atomic E-state index is -3.62. The van der Waals surface area contributed by atoms with Crippen LogP contribution in [0.15, 0.2) is 24.3 Å². The molecule has 0 saturated heterocycles. The van der Waals surface area contributed by atoms with Crippen molar-refractivity contribution in [1.29, 1.82) is 0 Å². The molecule has 1 atom stereocenters. The maximum absolute atomic E-state index is 12.7. The first-order valence-corrected chi connectivity index (χ1v) is 10.6. The molecule has 0 unspecified atom stereocenters. The lowest BCUT2D eigenvalue weighted by Crippen LogP contribution is -2.51. The molecule has 1 aliphatic carbocycles. The van der Waals surface area contributed by atoms with Crippen LogP contribution >= 0.6 is 11.6 Å². The predicted octanol–water partition coefficient (Wildman–Crippen LogP) is 3.33. The van der Waals surface area contributed by atoms with Crippen LogP contribution < -0.4 is 9.62 Å². The molecule has 1 N–H and O–H groups in total. The molecule has 2 rings (SSSR count). The van der Waals surface area contributed by atoms with Crippen LogP contribution in [0.4, 0.5) is 5.69 Å². The van der Waals surface area contributed by atoms with E-state index < -0.39 is 16.1 Å². The monoisotopic (exact) mass is 372 g/mol. The van der Waals surface area contributed by atoms with Crippen LogP contribution in [0.5, 0.6) is 0 Å². The van der Waals surface area contributed by atoms with Crippen molar-refractivity contribution in [3.63, 3.8) is 0 Å². The second-order valence-electron chi connectivity index (χ2n) is 6.31. The van der Waals surface area contributed by atoms with Crippen LogP contribution in [-0.4, -0.2) is 32.7 Å². The number of carbonyl (C=O) groups excluding carboxylic acids is 1. The van der Waals surface area contributed by atoms with Crippen molar-refractivity contribution in [2.24, 2.45) is 0 Å². The summed E-state index contributed by atoms with van der Waals surface area (Å²) >= 11 is 6.00. The smallest absolute Gasteiger partial charge is 0.244 e. The summed E-state index contributed by atoms with van der Waals surface area (Å²) in [5, 5.41) is 3.46. The van der Waals surface area contributed by atoms with E-state index in [4.69, 9.17) is 11.6 Å². The summed E-state index contributed by atoms with van der Waals surface area (Å²) in [6.45, 7) is 1.81. The molecule has 0 radical (unpaired) electrons. The van der Waals surface area contributed by atoms with Crippen LogP contribution in [0.3, 0.4) is 0 Å². The van der Waals surface area contributed by atoms with Crippen LogP contribution in [0.25, 0.3) is 0 Å². The number of amides is 1. The van der Waals surface area contributed by atoms with E-state index in [-0.39, 0.29) is 11.9 Å². The summed E-state index contributed by atoms with van der Waals surface area (Å²) in [7, 11) is -3.62. The molecule has 1 aliphatic rings. The summed E-state index contributed by atoms with van der Waals surface area (Å²) < 4.78 is 25.9. The van der Waals surface area contributed by atoms with Crippen molar-refractivity contribution in [3.05, 3.63) is 29.3 Å². The summed E-state index contributed by atoms with van der Waals surface area (Å²) in [4.78, 5) is 12.7. The van der Waals surface area contributed by atoms with Gasteiger partial charge in [0, 0.05) is 11.1 Å². The molecule has 1 aromatic carbocycles. The van der Waals surface area contributed by atoms with Crippen molar-refractivity contribution < 1.29 is 13.2 Å². The Hall–Kier alpha value is -1.27. The number of halogens is 1. The lowest BCUT2D eigenvalue weighted by atomic mass is 9.95. The maximum Gasteiger partial charge on any atom is 0.244 e. The van der Waals surface area contributed by atoms with E-state index in [1.807, 2.05) is 6.92 Å². The van der Waals surface area contributed by atoms with Gasteiger partial charge in [-0.05, 0) is 37.5 Å². The highest BCUT2D eigenvalue weighted by Gasteiger charge is 2.32. The van der Waals surface area contributed by atoms with Gasteiger partial charge in [-0.15, -0.1) is 0 Å². The zero-order chi connectivity index (χ0) is 17.7. The Morgan fingerprint density at radius 3 is 2.54 bits per heavy atom. The van der Waals surface area contributed by atoms with Gasteiger partial charge in [-0.25, -0.2) is 8.42 Å². The average Bonchev–Trinajstić information content (AvgIpc) is 2.52. The van der Waals surface area contributed by atoms with Gasteiger partial charge < -0.3 is 5.32 Å². The molecule has 1 aromatic rings. The van der Waals surface area contributed by atoms with E-state index >= 15 is 0 Å². The molecule has 1 saturated carbocycles. The van der Waals surface area contributed by atoms with Crippen LogP contribution in [0, 0.1) is 0 Å². The normalized spacial score (nSPS) is 17.3. The first-order valence-electron chi connectivity index (χ1n) is 8.38. The first-order chi connectivity index (χ1) is 11.3. The zero-order valence-corrected chi connectivity index (χ0v) is 15.7. The zero-order valence-electron chi connectivity index (χ0n) is 14.2. The van der Waals surface area contributed by atoms with Crippen molar-refractivity contribution in [1.82, 2.24) is 5.32 Å². The number of benzene rings is 1. The van der Waals surface area contributed by atoms with Gasteiger partial charge in [-0.1, -0.05) is 43.9 Å². The molecule has 5 nitrogen and oxygen atoms in total. The molecule has 0 bridgehead atoms. The predicted molar refractivity (Wildman–Crippen MR) is 97.9 cm³/mol. The van der Waals surface area contributed by atoms with Gasteiger partial charge in [-0.3, -0.25) is 9.10 Å². The van der Waals surface area contributed by atoms with Gasteiger partial charge in [0.2, 0.25) is 15.9 Å². The van der Waals surface area contributed by atoms with Gasteiger partial charge in [0.15, 0.2) is 0 Å². The lowest BCUT2D eigenvalue weighted by Gasteiger charge is -2.32. The van der Waals surface area contributed by atoms with E-state index in [0.29, 0.717) is 17.1 Å². The van der Waals surface area contributed by atoms with Crippen molar-refractivity contribution in [2.75, 3.05) is 10.6 Å². The highest BCUT2D eigenvalue weighted by atomic mass is 35.5. The lowest BCUT2D eigenvalue weighted by molar-refractivity contribution is -0.123. The fourth-order valence-corrected chi connectivity index (χ4v) is 4.61. The van der Waals surface area contributed by atoms with Gasteiger partial charge in [-0.2, -0.15) is 0 Å². The summed E-state index contributed by atoms with van der Waals surface area (Å²) in [6.07, 6.45) is 6.82. The molecular weight excluding hydrogens is 348 g/mol. The topological polar surface area (TPSA) is 66.5 Å². The first kappa shape index (κ1) is 19.1. The van der Waals surface area contributed by atoms with Gasteiger partial charge in [0.1, 0.15) is 6.04 Å². The number of rotatable bonds is 6. The molecule has 0 spiro atoms. The Bertz CT molecular complexity index is 672.